The molecule has 0 heterocycles. The van der Waals surface area contributed by atoms with Crippen LogP contribution in [0.15, 0.2) is 90.0 Å². The second-order valence-corrected chi connectivity index (χ2v) is 6.79. The van der Waals surface area contributed by atoms with E-state index in [-0.39, 0.29) is 24.7 Å². The molecule has 1 N–H and O–H groups in total. The van der Waals surface area contributed by atoms with Crippen LogP contribution in [0.5, 0.6) is 0 Å². The number of carbonyl (C=O) groups excluding carboxylic acids is 2. The molecule has 0 aromatic heterocycles. The number of nitrogens with zero attached hydrogens (tertiary/aromatic N) is 2. The lowest BCUT2D eigenvalue weighted by Crippen LogP contribution is -2.27. The van der Waals surface area contributed by atoms with Crippen molar-refractivity contribution in [3.8, 4) is 0 Å². The van der Waals surface area contributed by atoms with Crippen molar-refractivity contribution >= 4 is 29.4 Å². The Bertz CT molecular complexity index is 944. The molecule has 0 atom stereocenters. The highest BCUT2D eigenvalue weighted by Crippen LogP contribution is 2.26. The highest BCUT2D eigenvalue weighted by Gasteiger charge is 2.18. The summed E-state index contributed by atoms with van der Waals surface area (Å²) in [4.78, 5) is 26.7. The monoisotopic (exact) mass is 399 g/mol. The molecule has 5 nitrogen and oxygen atoms in total. The number of benzene rings is 3. The molecular weight excluding hydrogens is 374 g/mol. The number of rotatable bonds is 8. The van der Waals surface area contributed by atoms with E-state index >= 15 is 0 Å². The molecule has 0 aliphatic rings. The first-order chi connectivity index (χ1) is 14.7. The smallest absolute Gasteiger partial charge is 0.240 e. The molecule has 0 unspecified atom stereocenters. The number of hydrogen-bond donors (Lipinski definition) is 1. The van der Waals surface area contributed by atoms with Crippen molar-refractivity contribution in [1.29, 1.82) is 0 Å². The molecule has 0 bridgehead atoms. The van der Waals surface area contributed by atoms with Crippen LogP contribution in [0.25, 0.3) is 0 Å². The number of nitrogens with one attached hydrogen (secondary N) is 1. The Morgan fingerprint density at radius 3 is 1.93 bits per heavy atom. The molecule has 0 aliphatic heterocycles. The van der Waals surface area contributed by atoms with Crippen molar-refractivity contribution < 1.29 is 9.59 Å². The largest absolute Gasteiger partial charge is 0.281 e. The van der Waals surface area contributed by atoms with Crippen LogP contribution < -0.4 is 10.3 Å². The normalized spacial score (nSPS) is 10.7. The number of carbonyl (C=O) groups is 2. The van der Waals surface area contributed by atoms with Crippen molar-refractivity contribution in [2.24, 2.45) is 5.10 Å². The first-order valence-corrected chi connectivity index (χ1v) is 10.0. The minimum absolute atomic E-state index is 0.0567. The molecule has 0 fully saturated rings. The molecule has 5 heteroatoms. The van der Waals surface area contributed by atoms with Gasteiger partial charge in [0.2, 0.25) is 11.8 Å². The molecule has 3 rings (SSSR count). The zero-order chi connectivity index (χ0) is 21.2. The molecule has 152 valence electrons. The van der Waals surface area contributed by atoms with Crippen LogP contribution in [-0.4, -0.2) is 18.0 Å². The van der Waals surface area contributed by atoms with Gasteiger partial charge in [-0.1, -0.05) is 67.6 Å². The van der Waals surface area contributed by atoms with Gasteiger partial charge in [0.25, 0.3) is 0 Å². The van der Waals surface area contributed by atoms with Crippen LogP contribution >= 0.6 is 0 Å². The van der Waals surface area contributed by atoms with Crippen LogP contribution in [0.2, 0.25) is 0 Å². The summed E-state index contributed by atoms with van der Waals surface area (Å²) in [6.07, 6.45) is 2.71. The van der Waals surface area contributed by atoms with E-state index in [1.165, 1.54) is 5.56 Å². The Kier molecular flexibility index (Phi) is 7.50. The Balaban J connectivity index is 1.58. The van der Waals surface area contributed by atoms with E-state index in [0.717, 1.165) is 23.4 Å². The first kappa shape index (κ1) is 21.0. The third-order valence-electron chi connectivity index (χ3n) is 4.63. The molecule has 0 spiro atoms. The van der Waals surface area contributed by atoms with E-state index in [1.807, 2.05) is 84.9 Å². The van der Waals surface area contributed by atoms with Gasteiger partial charge in [0.15, 0.2) is 0 Å². The quantitative estimate of drug-likeness (QED) is 0.435. The van der Waals surface area contributed by atoms with Gasteiger partial charge < -0.3 is 0 Å². The Morgan fingerprint density at radius 2 is 1.40 bits per heavy atom. The van der Waals surface area contributed by atoms with Gasteiger partial charge in [-0.3, -0.25) is 14.5 Å². The number of hydrazone groups is 1. The third kappa shape index (κ3) is 5.88. The fourth-order valence-corrected chi connectivity index (χ4v) is 3.00. The van der Waals surface area contributed by atoms with E-state index < -0.39 is 0 Å². The lowest BCUT2D eigenvalue weighted by molar-refractivity contribution is -0.124. The molecule has 3 aromatic carbocycles. The zero-order valence-corrected chi connectivity index (χ0v) is 17.0. The molecular formula is C25H25N3O2. The molecule has 3 aromatic rings. The number of aryl methyl sites for hydroxylation is 1. The summed E-state index contributed by atoms with van der Waals surface area (Å²) in [6, 6.07) is 26.8. The summed E-state index contributed by atoms with van der Waals surface area (Å²) in [5.41, 5.74) is 6.18. The van der Waals surface area contributed by atoms with Crippen LogP contribution in [0.3, 0.4) is 0 Å². The van der Waals surface area contributed by atoms with Gasteiger partial charge in [0.1, 0.15) is 0 Å². The van der Waals surface area contributed by atoms with Gasteiger partial charge in [-0.05, 0) is 41.8 Å². The molecule has 0 saturated carbocycles. The molecule has 0 radical (unpaired) electrons. The van der Waals surface area contributed by atoms with E-state index in [0.29, 0.717) is 0 Å². The third-order valence-corrected chi connectivity index (χ3v) is 4.63. The van der Waals surface area contributed by atoms with Gasteiger partial charge in [0.05, 0.1) is 6.21 Å². The topological polar surface area (TPSA) is 61.8 Å². The highest BCUT2D eigenvalue weighted by atomic mass is 16.2. The molecule has 0 saturated heterocycles. The SMILES string of the molecule is CCc1ccc(/C=N\NC(=O)CCC(=O)N(c2ccccc2)c2ccccc2)cc1. The molecule has 30 heavy (non-hydrogen) atoms. The zero-order valence-electron chi connectivity index (χ0n) is 17.0. The average molecular weight is 399 g/mol. The second kappa shape index (κ2) is 10.7. The number of hydrogen-bond acceptors (Lipinski definition) is 3. The van der Waals surface area contributed by atoms with E-state index in [9.17, 15) is 9.59 Å². The van der Waals surface area contributed by atoms with Crippen LogP contribution in [0.4, 0.5) is 11.4 Å². The minimum Gasteiger partial charge on any atom is -0.281 e. The summed E-state index contributed by atoms with van der Waals surface area (Å²) in [5, 5.41) is 3.99. The average Bonchev–Trinajstić information content (AvgIpc) is 2.80. The van der Waals surface area contributed by atoms with Crippen molar-refractivity contribution in [2.45, 2.75) is 26.2 Å². The Hall–Kier alpha value is -3.73. The van der Waals surface area contributed by atoms with E-state index in [1.54, 1.807) is 11.1 Å². The fourth-order valence-electron chi connectivity index (χ4n) is 3.00. The lowest BCUT2D eigenvalue weighted by Gasteiger charge is -2.23. The molecule has 2 amide bonds. The summed E-state index contributed by atoms with van der Waals surface area (Å²) >= 11 is 0. The van der Waals surface area contributed by atoms with E-state index in [4.69, 9.17) is 0 Å². The maximum Gasteiger partial charge on any atom is 0.240 e. The fraction of sp³-hybridized carbons (Fsp3) is 0.160. The van der Waals surface area contributed by atoms with Crippen molar-refractivity contribution in [2.75, 3.05) is 4.90 Å². The maximum atomic E-state index is 12.9. The summed E-state index contributed by atoms with van der Waals surface area (Å²) in [5.74, 6) is -0.451. The maximum absolute atomic E-state index is 12.9. The van der Waals surface area contributed by atoms with Gasteiger partial charge in [-0.15, -0.1) is 0 Å². The molecule has 0 aliphatic carbocycles. The lowest BCUT2D eigenvalue weighted by atomic mass is 10.1. The van der Waals surface area contributed by atoms with Crippen LogP contribution in [-0.2, 0) is 16.0 Å². The van der Waals surface area contributed by atoms with Crippen LogP contribution in [0.1, 0.15) is 30.9 Å². The van der Waals surface area contributed by atoms with Gasteiger partial charge >= 0.3 is 0 Å². The summed E-state index contributed by atoms with van der Waals surface area (Å²) < 4.78 is 0. The predicted octanol–water partition coefficient (Wildman–Crippen LogP) is 4.84. The Labute approximate surface area is 177 Å². The summed E-state index contributed by atoms with van der Waals surface area (Å²) in [6.45, 7) is 2.10. The van der Waals surface area contributed by atoms with E-state index in [2.05, 4.69) is 17.5 Å². The number of amides is 2. The minimum atomic E-state index is -0.300. The summed E-state index contributed by atoms with van der Waals surface area (Å²) in [7, 11) is 0. The van der Waals surface area contributed by atoms with Crippen molar-refractivity contribution in [1.82, 2.24) is 5.43 Å². The highest BCUT2D eigenvalue weighted by molar-refractivity contribution is 6.01. The first-order valence-electron chi connectivity index (χ1n) is 10.0. The second-order valence-electron chi connectivity index (χ2n) is 6.79. The van der Waals surface area contributed by atoms with Crippen molar-refractivity contribution in [3.63, 3.8) is 0 Å². The van der Waals surface area contributed by atoms with Gasteiger partial charge in [0, 0.05) is 24.2 Å². The number of para-hydroxylation sites is 2. The Morgan fingerprint density at radius 1 is 0.833 bits per heavy atom. The van der Waals surface area contributed by atoms with Gasteiger partial charge in [-0.25, -0.2) is 5.43 Å². The van der Waals surface area contributed by atoms with Crippen LogP contribution in [0, 0.1) is 0 Å². The van der Waals surface area contributed by atoms with Crippen molar-refractivity contribution in [3.05, 3.63) is 96.1 Å². The van der Waals surface area contributed by atoms with Gasteiger partial charge in [-0.2, -0.15) is 5.10 Å². The standard InChI is InChI=1S/C25H25N3O2/c1-2-20-13-15-21(16-14-20)19-26-27-24(29)17-18-25(30)28(22-9-5-3-6-10-22)23-11-7-4-8-12-23/h3-16,19H,2,17-18H2,1H3,(H,27,29)/b26-19-. The predicted molar refractivity (Wildman–Crippen MR) is 121 cm³/mol. The number of anilines is 2.